The molecule has 0 saturated heterocycles. The number of aromatic nitrogens is 3. The quantitative estimate of drug-likeness (QED) is 0.392. The van der Waals surface area contributed by atoms with Crippen LogP contribution in [0.2, 0.25) is 10.0 Å². The normalized spacial score (nSPS) is 12.8. The van der Waals surface area contributed by atoms with Crippen LogP contribution in [0.4, 0.5) is 0 Å². The van der Waals surface area contributed by atoms with E-state index in [1.54, 1.807) is 18.4 Å². The van der Waals surface area contributed by atoms with Crippen molar-refractivity contribution in [3.63, 3.8) is 0 Å². The monoisotopic (exact) mass is 420 g/mol. The smallest absolute Gasteiger partial charge is 0.216 e. The minimum atomic E-state index is 0.0170. The van der Waals surface area contributed by atoms with E-state index >= 15 is 0 Å². The first-order chi connectivity index (χ1) is 13.6. The summed E-state index contributed by atoms with van der Waals surface area (Å²) in [5, 5.41) is 14.8. The number of rotatable bonds is 7. The molecule has 0 radical (unpaired) electrons. The molecule has 9 heteroatoms. The zero-order chi connectivity index (χ0) is 19.9. The lowest BCUT2D eigenvalue weighted by Gasteiger charge is -2.18. The predicted octanol–water partition coefficient (Wildman–Crippen LogP) is 4.23. The number of nitrogens with zero attached hydrogens (tertiary/aromatic N) is 3. The van der Waals surface area contributed by atoms with Gasteiger partial charge < -0.3 is 15.1 Å². The average Bonchev–Trinajstić information content (AvgIpc) is 3.35. The molecule has 1 aromatic carbocycles. The first-order valence-corrected chi connectivity index (χ1v) is 9.77. The van der Waals surface area contributed by atoms with Crippen LogP contribution < -0.4 is 10.6 Å². The maximum absolute atomic E-state index is 6.12. The molecule has 1 unspecified atom stereocenters. The maximum atomic E-state index is 6.12. The van der Waals surface area contributed by atoms with Gasteiger partial charge in [-0.1, -0.05) is 29.3 Å². The molecular formula is C19H22Cl2N6O. The Hall–Kier alpha value is -2.51. The zero-order valence-corrected chi connectivity index (χ0v) is 17.2. The highest BCUT2D eigenvalue weighted by Crippen LogP contribution is 2.25. The second-order valence-electron chi connectivity index (χ2n) is 6.13. The van der Waals surface area contributed by atoms with Gasteiger partial charge in [-0.2, -0.15) is 5.10 Å². The van der Waals surface area contributed by atoms with Crippen LogP contribution >= 0.6 is 23.2 Å². The molecule has 3 aromatic rings. The van der Waals surface area contributed by atoms with Crippen LogP contribution in [0.1, 0.15) is 31.3 Å². The fraction of sp³-hybridized carbons (Fsp3) is 0.316. The van der Waals surface area contributed by atoms with Crippen molar-refractivity contribution in [3.8, 4) is 11.6 Å². The number of H-pyrrole nitrogens is 1. The summed E-state index contributed by atoms with van der Waals surface area (Å²) in [6.07, 6.45) is 2.23. The van der Waals surface area contributed by atoms with Gasteiger partial charge in [-0.3, -0.25) is 10.1 Å². The molecule has 0 bridgehead atoms. The Morgan fingerprint density at radius 1 is 1.29 bits per heavy atom. The van der Waals surface area contributed by atoms with Gasteiger partial charge in [0.15, 0.2) is 11.7 Å². The highest BCUT2D eigenvalue weighted by atomic mass is 35.5. The fourth-order valence-corrected chi connectivity index (χ4v) is 2.89. The van der Waals surface area contributed by atoms with E-state index < -0.39 is 0 Å². The van der Waals surface area contributed by atoms with Crippen LogP contribution in [0.5, 0.6) is 0 Å². The number of nitrogens with one attached hydrogen (secondary N) is 3. The van der Waals surface area contributed by atoms with Crippen molar-refractivity contribution in [3.05, 3.63) is 58.0 Å². The largest absolute Gasteiger partial charge is 0.461 e. The van der Waals surface area contributed by atoms with Gasteiger partial charge in [0.25, 0.3) is 0 Å². The van der Waals surface area contributed by atoms with Crippen molar-refractivity contribution in [2.75, 3.05) is 13.1 Å². The second kappa shape index (κ2) is 9.61. The minimum Gasteiger partial charge on any atom is -0.461 e. The number of halogens is 2. The maximum Gasteiger partial charge on any atom is 0.216 e. The van der Waals surface area contributed by atoms with E-state index in [0.717, 1.165) is 17.9 Å². The van der Waals surface area contributed by atoms with E-state index in [1.807, 2.05) is 32.0 Å². The fourth-order valence-electron chi connectivity index (χ4n) is 2.59. The third kappa shape index (κ3) is 5.27. The molecule has 2 heterocycles. The van der Waals surface area contributed by atoms with Gasteiger partial charge in [-0.25, -0.2) is 4.98 Å². The third-order valence-electron chi connectivity index (χ3n) is 4.03. The van der Waals surface area contributed by atoms with Crippen molar-refractivity contribution in [1.82, 2.24) is 25.8 Å². The number of guanidine groups is 1. The van der Waals surface area contributed by atoms with Crippen LogP contribution in [0.25, 0.3) is 11.6 Å². The van der Waals surface area contributed by atoms with Crippen molar-refractivity contribution in [2.45, 2.75) is 26.3 Å². The van der Waals surface area contributed by atoms with Crippen LogP contribution in [0.15, 0.2) is 46.0 Å². The van der Waals surface area contributed by atoms with E-state index in [0.29, 0.717) is 40.6 Å². The molecule has 1 atom stereocenters. The number of hydrogen-bond donors (Lipinski definition) is 3. The molecule has 0 saturated carbocycles. The van der Waals surface area contributed by atoms with Gasteiger partial charge >= 0.3 is 0 Å². The van der Waals surface area contributed by atoms with Crippen molar-refractivity contribution >= 4 is 29.2 Å². The average molecular weight is 421 g/mol. The van der Waals surface area contributed by atoms with Crippen molar-refractivity contribution in [2.24, 2.45) is 4.99 Å². The number of aromatic amines is 1. The van der Waals surface area contributed by atoms with Gasteiger partial charge in [0.2, 0.25) is 5.82 Å². The Morgan fingerprint density at radius 2 is 2.14 bits per heavy atom. The zero-order valence-electron chi connectivity index (χ0n) is 15.7. The Labute approximate surface area is 173 Å². The summed E-state index contributed by atoms with van der Waals surface area (Å²) < 4.78 is 5.30. The lowest BCUT2D eigenvalue weighted by atomic mass is 10.1. The molecular weight excluding hydrogens is 399 g/mol. The van der Waals surface area contributed by atoms with Crippen molar-refractivity contribution in [1.29, 1.82) is 0 Å². The lowest BCUT2D eigenvalue weighted by Crippen LogP contribution is -2.38. The summed E-state index contributed by atoms with van der Waals surface area (Å²) in [6, 6.07) is 9.24. The van der Waals surface area contributed by atoms with E-state index in [1.165, 1.54) is 0 Å². The molecule has 0 aliphatic rings. The molecule has 7 nitrogen and oxygen atoms in total. The Morgan fingerprint density at radius 3 is 2.86 bits per heavy atom. The van der Waals surface area contributed by atoms with E-state index in [-0.39, 0.29) is 6.04 Å². The highest BCUT2D eigenvalue weighted by Gasteiger charge is 2.11. The van der Waals surface area contributed by atoms with Crippen molar-refractivity contribution < 1.29 is 4.42 Å². The highest BCUT2D eigenvalue weighted by molar-refractivity contribution is 6.42. The topological polar surface area (TPSA) is 91.1 Å². The Bertz CT molecular complexity index is 922. The van der Waals surface area contributed by atoms with Gasteiger partial charge in [-0.05, 0) is 43.7 Å². The van der Waals surface area contributed by atoms with Gasteiger partial charge in [-0.15, -0.1) is 0 Å². The summed E-state index contributed by atoms with van der Waals surface area (Å²) in [6.45, 7) is 5.37. The first kappa shape index (κ1) is 20.2. The minimum absolute atomic E-state index is 0.0170. The van der Waals surface area contributed by atoms with Crippen LogP contribution in [0.3, 0.4) is 0 Å². The van der Waals surface area contributed by atoms with E-state index in [4.69, 9.17) is 27.6 Å². The standard InChI is InChI=1S/C19H22Cl2N6O/c1-3-22-19(24-12(2)13-6-7-14(20)15(21)11-13)23-9-8-17-25-18(27-26-17)16-5-4-10-28-16/h4-7,10-12H,3,8-9H2,1-2H3,(H2,22,23,24)(H,25,26,27). The summed E-state index contributed by atoms with van der Waals surface area (Å²) in [5.41, 5.74) is 1.03. The molecule has 0 amide bonds. The molecule has 0 aliphatic heterocycles. The van der Waals surface area contributed by atoms with Crippen LogP contribution in [-0.4, -0.2) is 34.2 Å². The van der Waals surface area contributed by atoms with Gasteiger partial charge in [0.05, 0.1) is 22.4 Å². The Balaban J connectivity index is 1.60. The number of benzene rings is 1. The number of furan rings is 1. The van der Waals surface area contributed by atoms with Crippen LogP contribution in [-0.2, 0) is 6.42 Å². The number of aliphatic imine (C=N–C) groups is 1. The second-order valence-corrected chi connectivity index (χ2v) is 6.95. The number of hydrogen-bond acceptors (Lipinski definition) is 4. The molecule has 0 fully saturated rings. The summed E-state index contributed by atoms with van der Waals surface area (Å²) in [7, 11) is 0. The summed E-state index contributed by atoms with van der Waals surface area (Å²) in [5.74, 6) is 2.65. The van der Waals surface area contributed by atoms with E-state index in [9.17, 15) is 0 Å². The molecule has 0 spiro atoms. The summed E-state index contributed by atoms with van der Waals surface area (Å²) in [4.78, 5) is 9.03. The molecule has 148 valence electrons. The molecule has 3 rings (SSSR count). The van der Waals surface area contributed by atoms with Gasteiger partial charge in [0, 0.05) is 19.5 Å². The summed E-state index contributed by atoms with van der Waals surface area (Å²) >= 11 is 12.1. The molecule has 0 aliphatic carbocycles. The Kier molecular flexibility index (Phi) is 6.95. The molecule has 3 N–H and O–H groups in total. The molecule has 2 aromatic heterocycles. The SMILES string of the molecule is CCNC(=NCCc1nc(-c2ccco2)n[nH]1)NC(C)c1ccc(Cl)c(Cl)c1. The van der Waals surface area contributed by atoms with Crippen LogP contribution in [0, 0.1) is 0 Å². The van der Waals surface area contributed by atoms with Gasteiger partial charge in [0.1, 0.15) is 5.82 Å². The lowest BCUT2D eigenvalue weighted by molar-refractivity contribution is 0.577. The third-order valence-corrected chi connectivity index (χ3v) is 4.77. The molecule has 28 heavy (non-hydrogen) atoms. The predicted molar refractivity (Wildman–Crippen MR) is 112 cm³/mol. The first-order valence-electron chi connectivity index (χ1n) is 9.01. The van der Waals surface area contributed by atoms with E-state index in [2.05, 4.69) is 30.8 Å².